The van der Waals surface area contributed by atoms with Crippen LogP contribution in [-0.2, 0) is 9.53 Å². The Morgan fingerprint density at radius 3 is 2.62 bits per heavy atom. The molecule has 1 N–H and O–H groups in total. The van der Waals surface area contributed by atoms with Crippen LogP contribution in [-0.4, -0.2) is 5.97 Å². The average molecular weight is 285 g/mol. The third-order valence-corrected chi connectivity index (χ3v) is 3.51. The zero-order valence-electron chi connectivity index (χ0n) is 12.6. The fourth-order valence-corrected chi connectivity index (χ4v) is 2.34. The van der Waals surface area contributed by atoms with Gasteiger partial charge in [-0.2, -0.15) is 0 Å². The molecule has 0 atom stereocenters. The van der Waals surface area contributed by atoms with E-state index in [0.717, 1.165) is 24.1 Å². The lowest BCUT2D eigenvalue weighted by Crippen LogP contribution is -1.96. The lowest BCUT2D eigenvalue weighted by molar-refractivity contribution is -0.132. The van der Waals surface area contributed by atoms with Crippen molar-refractivity contribution in [3.8, 4) is 0 Å². The number of hydrogen-bond acceptors (Lipinski definition) is 3. The highest BCUT2D eigenvalue weighted by molar-refractivity contribution is 5.88. The van der Waals surface area contributed by atoms with Crippen molar-refractivity contribution in [2.45, 2.75) is 45.4 Å². The summed E-state index contributed by atoms with van der Waals surface area (Å²) < 4.78 is 5.24. The molecule has 1 aliphatic rings. The number of carbonyl (C=O) groups is 1. The number of rotatable bonds is 8. The zero-order valence-corrected chi connectivity index (χ0v) is 12.6. The van der Waals surface area contributed by atoms with Crippen LogP contribution in [0.3, 0.4) is 0 Å². The van der Waals surface area contributed by atoms with Crippen LogP contribution < -0.4 is 5.32 Å². The molecule has 1 aliphatic heterocycles. The molecule has 112 valence electrons. The van der Waals surface area contributed by atoms with Crippen LogP contribution in [0.5, 0.6) is 0 Å². The van der Waals surface area contributed by atoms with Gasteiger partial charge in [0.15, 0.2) is 5.76 Å². The van der Waals surface area contributed by atoms with E-state index in [-0.39, 0.29) is 5.97 Å². The number of esters is 1. The second-order valence-electron chi connectivity index (χ2n) is 5.27. The van der Waals surface area contributed by atoms with Crippen molar-refractivity contribution in [3.63, 3.8) is 0 Å². The molecule has 0 aliphatic carbocycles. The van der Waals surface area contributed by atoms with Crippen LogP contribution >= 0.6 is 0 Å². The van der Waals surface area contributed by atoms with Gasteiger partial charge in [0.2, 0.25) is 0 Å². The van der Waals surface area contributed by atoms with Gasteiger partial charge in [0.1, 0.15) is 0 Å². The van der Waals surface area contributed by atoms with E-state index in [0.29, 0.717) is 5.76 Å². The molecule has 1 aromatic rings. The number of unbranched alkanes of at least 4 members (excludes halogenated alkanes) is 4. The Labute approximate surface area is 126 Å². The Balaban J connectivity index is 1.86. The minimum Gasteiger partial charge on any atom is -0.421 e. The zero-order chi connectivity index (χ0) is 14.9. The summed E-state index contributed by atoms with van der Waals surface area (Å²) in [4.78, 5) is 11.4. The van der Waals surface area contributed by atoms with Crippen molar-refractivity contribution in [1.29, 1.82) is 0 Å². The largest absolute Gasteiger partial charge is 0.421 e. The summed E-state index contributed by atoms with van der Waals surface area (Å²) in [7, 11) is 0. The van der Waals surface area contributed by atoms with Crippen LogP contribution in [0.25, 0.3) is 0 Å². The molecule has 3 nitrogen and oxygen atoms in total. The molecule has 1 aromatic carbocycles. The first kappa shape index (κ1) is 15.4. The second kappa shape index (κ2) is 8.30. The van der Waals surface area contributed by atoms with E-state index in [1.807, 2.05) is 30.3 Å². The van der Waals surface area contributed by atoms with E-state index in [4.69, 9.17) is 4.74 Å². The third-order valence-electron chi connectivity index (χ3n) is 3.51. The second-order valence-corrected chi connectivity index (χ2v) is 5.27. The van der Waals surface area contributed by atoms with Gasteiger partial charge in [-0.25, -0.2) is 4.79 Å². The Morgan fingerprint density at radius 1 is 1.10 bits per heavy atom. The molecule has 0 saturated carbocycles. The first-order chi connectivity index (χ1) is 10.3. The summed E-state index contributed by atoms with van der Waals surface area (Å²) in [6.45, 7) is 2.21. The number of benzene rings is 1. The van der Waals surface area contributed by atoms with Crippen LogP contribution in [0.4, 0.5) is 5.69 Å². The maximum atomic E-state index is 11.4. The lowest BCUT2D eigenvalue weighted by atomic mass is 10.1. The van der Waals surface area contributed by atoms with Gasteiger partial charge >= 0.3 is 5.97 Å². The number of carbonyl (C=O) groups excluding carboxylic acids is 1. The highest BCUT2D eigenvalue weighted by Gasteiger charge is 2.19. The van der Waals surface area contributed by atoms with Crippen molar-refractivity contribution in [2.75, 3.05) is 5.32 Å². The lowest BCUT2D eigenvalue weighted by Gasteiger charge is -2.06. The molecule has 2 rings (SSSR count). The molecule has 0 spiro atoms. The van der Waals surface area contributed by atoms with Crippen molar-refractivity contribution in [1.82, 2.24) is 0 Å². The van der Waals surface area contributed by atoms with Gasteiger partial charge in [-0.05, 0) is 25.0 Å². The molecule has 0 bridgehead atoms. The fourth-order valence-electron chi connectivity index (χ4n) is 2.34. The van der Waals surface area contributed by atoms with Gasteiger partial charge in [0.25, 0.3) is 0 Å². The smallest absolute Gasteiger partial charge is 0.336 e. The van der Waals surface area contributed by atoms with Crippen molar-refractivity contribution < 1.29 is 9.53 Å². The van der Waals surface area contributed by atoms with Gasteiger partial charge in [-0.15, -0.1) is 0 Å². The topological polar surface area (TPSA) is 38.3 Å². The number of hydrogen-bond donors (Lipinski definition) is 1. The van der Waals surface area contributed by atoms with Gasteiger partial charge in [0, 0.05) is 23.5 Å². The van der Waals surface area contributed by atoms with Crippen LogP contribution in [0.2, 0.25) is 0 Å². The van der Waals surface area contributed by atoms with Crippen LogP contribution in [0, 0.1) is 0 Å². The number of anilines is 1. The van der Waals surface area contributed by atoms with Crippen molar-refractivity contribution >= 4 is 11.7 Å². The summed E-state index contributed by atoms with van der Waals surface area (Å²) >= 11 is 0. The molecule has 0 amide bonds. The van der Waals surface area contributed by atoms with E-state index >= 15 is 0 Å². The number of para-hydroxylation sites is 1. The molecule has 0 fully saturated rings. The quantitative estimate of drug-likeness (QED) is 0.551. The van der Waals surface area contributed by atoms with Crippen LogP contribution in [0.1, 0.15) is 45.4 Å². The molecule has 0 unspecified atom stereocenters. The van der Waals surface area contributed by atoms with E-state index in [9.17, 15) is 4.79 Å². The Kier molecular flexibility index (Phi) is 6.07. The molecule has 21 heavy (non-hydrogen) atoms. The predicted molar refractivity (Wildman–Crippen MR) is 85.7 cm³/mol. The van der Waals surface area contributed by atoms with E-state index < -0.39 is 0 Å². The van der Waals surface area contributed by atoms with E-state index in [1.165, 1.54) is 25.7 Å². The minimum absolute atomic E-state index is 0.264. The molecular formula is C18H23NO2. The summed E-state index contributed by atoms with van der Waals surface area (Å²) in [5.74, 6) is 0.388. The molecule has 3 heteroatoms. The predicted octanol–water partition coefficient (Wildman–Crippen LogP) is 4.78. The molecule has 1 heterocycles. The third kappa shape index (κ3) is 5.10. The standard InChI is InChI=1S/C18H23NO2/c1-2-3-4-5-7-10-15-13-18(20)21-17(15)14-19-16-11-8-6-9-12-16/h6,8-9,11-14,19H,2-5,7,10H2,1H3/b17-14+. The number of cyclic esters (lactones) is 1. The number of ether oxygens (including phenoxy) is 1. The Hall–Kier alpha value is -2.03. The summed E-state index contributed by atoms with van der Waals surface area (Å²) in [6.07, 6.45) is 10.4. The average Bonchev–Trinajstić information content (AvgIpc) is 2.86. The van der Waals surface area contributed by atoms with Gasteiger partial charge in [-0.1, -0.05) is 50.8 Å². The first-order valence-electron chi connectivity index (χ1n) is 7.74. The SMILES string of the molecule is CCCCCCCC1=CC(=O)O/C1=C/Nc1ccccc1. The Bertz CT molecular complexity index is 517. The van der Waals surface area contributed by atoms with E-state index in [1.54, 1.807) is 12.3 Å². The first-order valence-corrected chi connectivity index (χ1v) is 7.74. The van der Waals surface area contributed by atoms with Crippen molar-refractivity contribution in [2.24, 2.45) is 0 Å². The maximum Gasteiger partial charge on any atom is 0.336 e. The highest BCUT2D eigenvalue weighted by atomic mass is 16.5. The Morgan fingerprint density at radius 2 is 1.86 bits per heavy atom. The summed E-state index contributed by atoms with van der Waals surface area (Å²) in [5, 5.41) is 3.17. The molecule has 0 aromatic heterocycles. The monoisotopic (exact) mass is 285 g/mol. The van der Waals surface area contributed by atoms with Crippen LogP contribution in [0.15, 0.2) is 53.9 Å². The number of nitrogens with one attached hydrogen (secondary N) is 1. The van der Waals surface area contributed by atoms with Crippen molar-refractivity contribution in [3.05, 3.63) is 53.9 Å². The molecule has 0 saturated heterocycles. The minimum atomic E-state index is -0.264. The maximum absolute atomic E-state index is 11.4. The van der Waals surface area contributed by atoms with Gasteiger partial charge in [-0.3, -0.25) is 0 Å². The van der Waals surface area contributed by atoms with Gasteiger partial charge < -0.3 is 10.1 Å². The highest BCUT2D eigenvalue weighted by Crippen LogP contribution is 2.25. The summed E-state index contributed by atoms with van der Waals surface area (Å²) in [6, 6.07) is 9.84. The molecular weight excluding hydrogens is 262 g/mol. The number of allylic oxidation sites excluding steroid dienone is 1. The van der Waals surface area contributed by atoms with E-state index in [2.05, 4.69) is 12.2 Å². The van der Waals surface area contributed by atoms with Gasteiger partial charge in [0.05, 0.1) is 0 Å². The summed E-state index contributed by atoms with van der Waals surface area (Å²) in [5.41, 5.74) is 1.98. The fraction of sp³-hybridized carbons (Fsp3) is 0.389. The molecule has 0 radical (unpaired) electrons. The normalized spacial score (nSPS) is 16.0.